The number of hydrogen-bond donors (Lipinski definition) is 2. The third kappa shape index (κ3) is 57.3. The number of unbranched alkanes of at least 4 members (excludes halogenated alkanes) is 32. The van der Waals surface area contributed by atoms with E-state index in [4.69, 9.17) is 46.5 Å². The molecule has 2 aromatic carbocycles. The maximum Gasteiger partial charge on any atom is 1.00 e. The second kappa shape index (κ2) is 66.0. The van der Waals surface area contributed by atoms with Crippen molar-refractivity contribution in [3.63, 3.8) is 0 Å². The van der Waals surface area contributed by atoms with Crippen molar-refractivity contribution >= 4 is 51.4 Å². The first-order chi connectivity index (χ1) is 46.8. The van der Waals surface area contributed by atoms with Crippen LogP contribution < -0.4 is 78.4 Å². The number of phosphoric ester groups is 2. The number of carbonyl (C=O) groups excluding carboxylic acids is 5. The van der Waals surface area contributed by atoms with E-state index >= 15 is 0 Å². The van der Waals surface area contributed by atoms with Crippen LogP contribution in [-0.2, 0) is 65.4 Å². The molecular weight excluding hydrogens is 1330 g/mol. The predicted octanol–water partition coefficient (Wildman–Crippen LogP) is 11.3. The Bertz CT molecular complexity index is 2370. The summed E-state index contributed by atoms with van der Waals surface area (Å²) in [5.41, 5.74) is 1.02. The van der Waals surface area contributed by atoms with Crippen LogP contribution in [0.1, 0.15) is 300 Å². The maximum atomic E-state index is 12.8. The van der Waals surface area contributed by atoms with Gasteiger partial charge in [-0.1, -0.05) is 270 Å². The Morgan fingerprint density at radius 1 is 0.434 bits per heavy atom. The zero-order valence-corrected chi connectivity index (χ0v) is 67.8. The van der Waals surface area contributed by atoms with Gasteiger partial charge in [0.2, 0.25) is 0 Å². The Balaban J connectivity index is 0. The molecule has 0 heterocycles. The van der Waals surface area contributed by atoms with Gasteiger partial charge in [0.05, 0.1) is 40.6 Å². The minimum Gasteiger partial charge on any atom is -0.756 e. The van der Waals surface area contributed by atoms with Crippen LogP contribution in [0.4, 0.5) is 0 Å². The number of phosphoric acid groups is 2. The number of rotatable bonds is 63. The van der Waals surface area contributed by atoms with E-state index in [-0.39, 0.29) is 108 Å². The molecule has 25 heteroatoms. The molecule has 0 radical (unpaired) electrons. The number of aromatic hydroxyl groups is 1. The molecule has 4 atom stereocenters. The van der Waals surface area contributed by atoms with E-state index in [0.29, 0.717) is 31.4 Å². The molecule has 0 aliphatic rings. The number of aliphatic hydroxyl groups is 1. The van der Waals surface area contributed by atoms with E-state index in [0.717, 1.165) is 108 Å². The number of allylic oxidation sites excluding steroid dienone is 1. The number of ether oxygens (including phenoxy) is 6. The first kappa shape index (κ1) is 98.4. The van der Waals surface area contributed by atoms with E-state index in [9.17, 15) is 53.1 Å². The van der Waals surface area contributed by atoms with Crippen LogP contribution in [0.5, 0.6) is 17.2 Å². The number of carbonyl (C=O) groups is 5. The van der Waals surface area contributed by atoms with Gasteiger partial charge in [-0.2, -0.15) is 0 Å². The molecule has 99 heavy (non-hydrogen) atoms. The summed E-state index contributed by atoms with van der Waals surface area (Å²) in [7, 11) is -7.48. The Labute approximate surface area is 638 Å². The smallest absolute Gasteiger partial charge is 0.756 e. The zero-order chi connectivity index (χ0) is 71.5. The monoisotopic (exact) mass is 1460 g/mol. The van der Waals surface area contributed by atoms with E-state index in [2.05, 4.69) is 27.7 Å². The van der Waals surface area contributed by atoms with Crippen LogP contribution in [0.25, 0.3) is 6.08 Å². The number of methoxy groups -OCH3 is 2. The molecule has 0 aliphatic heterocycles. The standard InChI is InChI=1S/C57H110O17P2.C17H16O4.2Na/c1-5-9-13-17-21-25-29-33-37-41-54(59)67-47-52(73-56(61)43-39-35-31-27-23-19-15-11-7-3)49-71-75(63,64)69-45-51(58)46-70-76(65,66)72-50-53(74-57(62)44-40-36-32-28-24-20-16-12-8-4)48-68-55(60)42-38-34-30-26-22-18-14-10-6-2;1-20-13-10-15(19)17(16(11-13)21-2)14(18)9-8-12-6-4-3-5-7-12;;/h51-53,58H,5-50H2,1-4H3,(H,63,64)(H,65,66);3-11,19H,1-2H3;;/q;;2*+1/p-2. The zero-order valence-electron chi connectivity index (χ0n) is 62.0. The largest absolute Gasteiger partial charge is 1.00 e. The average Bonchev–Trinajstić information content (AvgIpc) is 0.825. The molecule has 21 nitrogen and oxygen atoms in total. The summed E-state index contributed by atoms with van der Waals surface area (Å²) in [5.74, 6) is -2.05. The van der Waals surface area contributed by atoms with Gasteiger partial charge >= 0.3 is 83.0 Å². The van der Waals surface area contributed by atoms with Crippen molar-refractivity contribution in [3.05, 3.63) is 59.7 Å². The second-order valence-corrected chi connectivity index (χ2v) is 27.8. The summed E-state index contributed by atoms with van der Waals surface area (Å²) < 4.78 is 76.8. The van der Waals surface area contributed by atoms with Gasteiger partial charge in [0.1, 0.15) is 42.1 Å². The van der Waals surface area contributed by atoms with Crippen molar-refractivity contribution in [2.45, 2.75) is 303 Å². The van der Waals surface area contributed by atoms with Crippen molar-refractivity contribution in [3.8, 4) is 17.2 Å². The maximum absolute atomic E-state index is 12.8. The van der Waals surface area contributed by atoms with E-state index in [1.807, 2.05) is 30.3 Å². The van der Waals surface area contributed by atoms with Gasteiger partial charge in [-0.05, 0) is 37.3 Å². The van der Waals surface area contributed by atoms with Gasteiger partial charge in [0.15, 0.2) is 18.0 Å². The van der Waals surface area contributed by atoms with Gasteiger partial charge in [-0.25, -0.2) is 0 Å². The fourth-order valence-electron chi connectivity index (χ4n) is 10.3. The molecule has 0 spiro atoms. The number of phenols is 1. The Morgan fingerprint density at radius 3 is 1.07 bits per heavy atom. The molecule has 0 aromatic heterocycles. The summed E-state index contributed by atoms with van der Waals surface area (Å²) in [6, 6.07) is 12.4. The van der Waals surface area contributed by atoms with Crippen molar-refractivity contribution in [2.75, 3.05) is 53.9 Å². The molecule has 0 saturated heterocycles. The SMILES string of the molecule is CCCCCCCCCCCC(=O)OCC(COP(=O)([O-])OCC(O)COP(=O)([O-])OCC(COC(=O)CCCCCCCCCCC)OC(=O)CCCCCCCCCCC)OC(=O)CCCCCCCCCCC.COc1cc(O)c(C(=O)C=Cc2ccccc2)c(OC)c1.[Na+].[Na+]. The van der Waals surface area contributed by atoms with Crippen molar-refractivity contribution < 1.29 is 159 Å². The molecule has 0 bridgehead atoms. The Hall–Kier alpha value is -2.69. The molecule has 4 unspecified atom stereocenters. The Morgan fingerprint density at radius 2 is 0.747 bits per heavy atom. The summed E-state index contributed by atoms with van der Waals surface area (Å²) in [6.45, 7) is 4.36. The van der Waals surface area contributed by atoms with E-state index < -0.39 is 97.5 Å². The number of hydrogen-bond acceptors (Lipinski definition) is 21. The fourth-order valence-corrected chi connectivity index (χ4v) is 11.9. The number of esters is 4. The van der Waals surface area contributed by atoms with Gasteiger partial charge in [-0.3, -0.25) is 33.1 Å². The predicted molar refractivity (Wildman–Crippen MR) is 375 cm³/mol. The second-order valence-electron chi connectivity index (χ2n) is 25.0. The molecule has 558 valence electrons. The third-order valence-electron chi connectivity index (χ3n) is 16.1. The molecular formula is C74H124Na2O21P2. The van der Waals surface area contributed by atoms with Crippen molar-refractivity contribution in [2.24, 2.45) is 0 Å². The molecule has 0 aliphatic carbocycles. The third-order valence-corrected chi connectivity index (χ3v) is 17.9. The minimum atomic E-state index is -5.20. The molecule has 0 amide bonds. The summed E-state index contributed by atoms with van der Waals surface area (Å²) in [5, 5.41) is 20.4. The summed E-state index contributed by atoms with van der Waals surface area (Å²) >= 11 is 0. The van der Waals surface area contributed by atoms with Crippen LogP contribution in [-0.4, -0.2) is 112 Å². The first-order valence-corrected chi connectivity index (χ1v) is 39.5. The van der Waals surface area contributed by atoms with Crippen LogP contribution in [0, 0.1) is 0 Å². The Kier molecular flexibility index (Phi) is 65.6. The number of aliphatic hydroxyl groups excluding tert-OH is 1. The van der Waals surface area contributed by atoms with Crippen molar-refractivity contribution in [1.82, 2.24) is 0 Å². The molecule has 0 saturated carbocycles. The average molecular weight is 1460 g/mol. The number of ketones is 1. The topological polar surface area (TPSA) is 298 Å². The van der Waals surface area contributed by atoms with Crippen LogP contribution in [0.2, 0.25) is 0 Å². The summed E-state index contributed by atoms with van der Waals surface area (Å²) in [6.07, 6.45) is 37.3. The molecule has 2 N–H and O–H groups in total. The van der Waals surface area contributed by atoms with Gasteiger partial charge in [0.25, 0.3) is 15.6 Å². The molecule has 2 rings (SSSR count). The molecule has 2 aromatic rings. The van der Waals surface area contributed by atoms with Gasteiger partial charge in [-0.15, -0.1) is 0 Å². The normalized spacial score (nSPS) is 13.3. The quantitative estimate of drug-likeness (QED) is 0.0118. The van der Waals surface area contributed by atoms with Crippen LogP contribution >= 0.6 is 15.6 Å². The van der Waals surface area contributed by atoms with Crippen molar-refractivity contribution in [1.29, 1.82) is 0 Å². The first-order valence-electron chi connectivity index (χ1n) is 36.6. The minimum absolute atomic E-state index is 0. The van der Waals surface area contributed by atoms with Gasteiger partial charge in [0, 0.05) is 37.8 Å². The van der Waals surface area contributed by atoms with Crippen LogP contribution in [0.3, 0.4) is 0 Å². The van der Waals surface area contributed by atoms with E-state index in [1.165, 1.54) is 129 Å². The van der Waals surface area contributed by atoms with Crippen LogP contribution in [0.15, 0.2) is 48.5 Å². The van der Waals surface area contributed by atoms with E-state index in [1.54, 1.807) is 12.1 Å². The number of phenolic OH excluding ortho intramolecular Hbond substituents is 1. The van der Waals surface area contributed by atoms with Gasteiger partial charge < -0.3 is 66.5 Å². The summed E-state index contributed by atoms with van der Waals surface area (Å²) in [4.78, 5) is 88.5. The molecule has 0 fully saturated rings. The fraction of sp³-hybridized carbons (Fsp3) is 0.743. The number of benzene rings is 2.